The van der Waals surface area contributed by atoms with Crippen LogP contribution >= 0.6 is 0 Å². The molecule has 0 aromatic carbocycles. The maximum Gasteiger partial charge on any atom is 0.265 e. The van der Waals surface area contributed by atoms with Crippen LogP contribution in [-0.4, -0.2) is 35.2 Å². The molecule has 4 aromatic heterocycles. The first-order chi connectivity index (χ1) is 15.0. The van der Waals surface area contributed by atoms with Gasteiger partial charge in [-0.3, -0.25) is 9.97 Å². The van der Waals surface area contributed by atoms with Crippen molar-refractivity contribution in [1.82, 2.24) is 35.2 Å². The maximum atomic E-state index is 12.7. The second-order valence-corrected chi connectivity index (χ2v) is 6.41. The lowest BCUT2D eigenvalue weighted by molar-refractivity contribution is 0.151. The Balaban J connectivity index is 1.50. The summed E-state index contributed by atoms with van der Waals surface area (Å²) in [5.41, 5.74) is 2.88. The maximum absolute atomic E-state index is 12.7. The smallest absolute Gasteiger partial charge is 0.265 e. The zero-order valence-corrected chi connectivity index (χ0v) is 16.1. The number of ether oxygens (including phenoxy) is 1. The molecule has 4 rings (SSSR count). The van der Waals surface area contributed by atoms with Gasteiger partial charge >= 0.3 is 0 Å². The van der Waals surface area contributed by atoms with Crippen LogP contribution in [0.15, 0.2) is 48.9 Å². The van der Waals surface area contributed by atoms with Gasteiger partial charge in [-0.05, 0) is 24.3 Å². The number of rotatable bonds is 6. The molecule has 0 aliphatic rings. The molecule has 0 aliphatic carbocycles. The molecule has 0 saturated heterocycles. The molecule has 0 unspecified atom stereocenters. The first kappa shape index (κ1) is 20.0. The van der Waals surface area contributed by atoms with Crippen LogP contribution < -0.4 is 4.74 Å². The van der Waals surface area contributed by atoms with Gasteiger partial charge in [-0.1, -0.05) is 5.21 Å². The first-order valence-corrected chi connectivity index (χ1v) is 9.00. The van der Waals surface area contributed by atoms with Crippen LogP contribution in [0.3, 0.4) is 0 Å². The van der Waals surface area contributed by atoms with E-state index in [0.717, 1.165) is 6.20 Å². The lowest BCUT2D eigenvalue weighted by Crippen LogP contribution is -2.06. The van der Waals surface area contributed by atoms with Crippen molar-refractivity contribution in [3.05, 3.63) is 65.7 Å². The highest BCUT2D eigenvalue weighted by atomic mass is 19.3. The van der Waals surface area contributed by atoms with E-state index in [-0.39, 0.29) is 18.1 Å². The molecule has 0 radical (unpaired) electrons. The highest BCUT2D eigenvalue weighted by Gasteiger charge is 2.16. The van der Waals surface area contributed by atoms with E-state index >= 15 is 0 Å². The normalized spacial score (nSPS) is 10.8. The number of halogens is 2. The lowest BCUT2D eigenvalue weighted by Gasteiger charge is -2.07. The van der Waals surface area contributed by atoms with E-state index in [0.29, 0.717) is 33.9 Å². The van der Waals surface area contributed by atoms with E-state index in [2.05, 4.69) is 30.5 Å². The van der Waals surface area contributed by atoms with E-state index < -0.39 is 6.43 Å². The number of hydrogen-bond acceptors (Lipinski definition) is 8. The average Bonchev–Trinajstić information content (AvgIpc) is 3.18. The van der Waals surface area contributed by atoms with Gasteiger partial charge < -0.3 is 4.74 Å². The Morgan fingerprint density at radius 1 is 1.06 bits per heavy atom. The fraction of sp³-hybridized carbons (Fsp3) is 0.150. The fourth-order valence-electron chi connectivity index (χ4n) is 2.75. The minimum atomic E-state index is -2.59. The van der Waals surface area contributed by atoms with Crippen molar-refractivity contribution >= 4 is 0 Å². The molecule has 0 N–H and O–H groups in total. The zero-order chi connectivity index (χ0) is 21.8. The van der Waals surface area contributed by atoms with Crippen LogP contribution in [-0.2, 0) is 13.7 Å². The van der Waals surface area contributed by atoms with Crippen LogP contribution in [0.25, 0.3) is 22.6 Å². The van der Waals surface area contributed by atoms with E-state index in [1.165, 1.54) is 23.0 Å². The van der Waals surface area contributed by atoms with Crippen molar-refractivity contribution in [2.75, 3.05) is 0 Å². The summed E-state index contributed by atoms with van der Waals surface area (Å²) in [5, 5.41) is 25.1. The Morgan fingerprint density at radius 3 is 2.58 bits per heavy atom. The van der Waals surface area contributed by atoms with Gasteiger partial charge in [0.1, 0.15) is 24.1 Å². The number of nitrogens with zero attached hydrogens (tertiary/aromatic N) is 8. The number of hydrogen-bond donors (Lipinski definition) is 0. The third kappa shape index (κ3) is 4.32. The summed E-state index contributed by atoms with van der Waals surface area (Å²) in [5.74, 6) is 0.265. The molecule has 0 atom stereocenters. The van der Waals surface area contributed by atoms with Crippen molar-refractivity contribution in [2.24, 2.45) is 7.05 Å². The Kier molecular flexibility index (Phi) is 5.53. The van der Waals surface area contributed by atoms with Gasteiger partial charge in [-0.25, -0.2) is 13.5 Å². The molecule has 31 heavy (non-hydrogen) atoms. The monoisotopic (exact) mass is 420 g/mol. The Labute approximate surface area is 175 Å². The molecular formula is C20H14F2N8O. The van der Waals surface area contributed by atoms with Gasteiger partial charge in [0, 0.05) is 42.8 Å². The standard InChI is InChI=1S/C20H14F2N8O/c1-30-17(19(28-29-30)16-3-2-13(10-25-16)20(21)22)11-31-18-5-4-15(26-27-18)14-6-12(7-23)8-24-9-14/h2-6,8-10,20H,11H2,1H3. The summed E-state index contributed by atoms with van der Waals surface area (Å²) in [6.07, 6.45) is 1.57. The Hall–Kier alpha value is -4.33. The first-order valence-electron chi connectivity index (χ1n) is 9.00. The van der Waals surface area contributed by atoms with Crippen molar-refractivity contribution in [3.63, 3.8) is 0 Å². The van der Waals surface area contributed by atoms with Crippen LogP contribution in [0, 0.1) is 11.3 Å². The minimum Gasteiger partial charge on any atom is -0.470 e. The summed E-state index contributed by atoms with van der Waals surface area (Å²) in [4.78, 5) is 8.05. The highest BCUT2D eigenvalue weighted by molar-refractivity contribution is 5.59. The minimum absolute atomic E-state index is 0.0661. The molecule has 0 aliphatic heterocycles. The molecular weight excluding hydrogens is 406 g/mol. The number of aryl methyl sites for hydroxylation is 1. The van der Waals surface area contributed by atoms with Gasteiger partial charge in [0.25, 0.3) is 6.43 Å². The number of nitriles is 1. The Morgan fingerprint density at radius 2 is 1.90 bits per heavy atom. The zero-order valence-electron chi connectivity index (χ0n) is 16.1. The average molecular weight is 420 g/mol. The molecule has 0 spiro atoms. The third-order valence-corrected chi connectivity index (χ3v) is 4.38. The summed E-state index contributed by atoms with van der Waals surface area (Å²) in [6.45, 7) is 0.0661. The van der Waals surface area contributed by atoms with Crippen molar-refractivity contribution in [2.45, 2.75) is 13.0 Å². The van der Waals surface area contributed by atoms with Crippen LogP contribution in [0.5, 0.6) is 5.88 Å². The van der Waals surface area contributed by atoms with Gasteiger partial charge in [-0.2, -0.15) is 5.26 Å². The molecule has 11 heteroatoms. The molecule has 0 fully saturated rings. The molecule has 4 heterocycles. The predicted octanol–water partition coefficient (Wildman–Crippen LogP) is 3.12. The second kappa shape index (κ2) is 8.58. The van der Waals surface area contributed by atoms with Gasteiger partial charge in [0.05, 0.1) is 17.0 Å². The second-order valence-electron chi connectivity index (χ2n) is 6.41. The van der Waals surface area contributed by atoms with E-state index in [1.807, 2.05) is 6.07 Å². The van der Waals surface area contributed by atoms with Gasteiger partial charge in [0.2, 0.25) is 5.88 Å². The number of pyridine rings is 2. The van der Waals surface area contributed by atoms with E-state index in [4.69, 9.17) is 10.00 Å². The summed E-state index contributed by atoms with van der Waals surface area (Å²) < 4.78 is 32.7. The molecule has 4 aromatic rings. The van der Waals surface area contributed by atoms with E-state index in [9.17, 15) is 8.78 Å². The number of aromatic nitrogens is 7. The topological polar surface area (TPSA) is 115 Å². The summed E-state index contributed by atoms with van der Waals surface area (Å²) >= 11 is 0. The SMILES string of the molecule is Cn1nnc(-c2ccc(C(F)F)cn2)c1COc1ccc(-c2cncc(C#N)c2)nn1. The lowest BCUT2D eigenvalue weighted by atomic mass is 10.1. The fourth-order valence-corrected chi connectivity index (χ4v) is 2.75. The molecule has 0 bridgehead atoms. The van der Waals surface area contributed by atoms with Crippen LogP contribution in [0.4, 0.5) is 8.78 Å². The summed E-state index contributed by atoms with van der Waals surface area (Å²) in [6, 6.07) is 9.79. The van der Waals surface area contributed by atoms with Crippen LogP contribution in [0.2, 0.25) is 0 Å². The predicted molar refractivity (Wildman–Crippen MR) is 104 cm³/mol. The van der Waals surface area contributed by atoms with E-state index in [1.54, 1.807) is 31.4 Å². The van der Waals surface area contributed by atoms with Gasteiger partial charge in [-0.15, -0.1) is 15.3 Å². The third-order valence-electron chi connectivity index (χ3n) is 4.38. The van der Waals surface area contributed by atoms with Gasteiger partial charge in [0.15, 0.2) is 0 Å². The quantitative estimate of drug-likeness (QED) is 0.467. The largest absolute Gasteiger partial charge is 0.470 e. The summed E-state index contributed by atoms with van der Waals surface area (Å²) in [7, 11) is 1.69. The number of alkyl halides is 2. The van der Waals surface area contributed by atoms with Crippen molar-refractivity contribution in [1.29, 1.82) is 5.26 Å². The van der Waals surface area contributed by atoms with Crippen molar-refractivity contribution in [3.8, 4) is 34.6 Å². The van der Waals surface area contributed by atoms with Crippen molar-refractivity contribution < 1.29 is 13.5 Å². The van der Waals surface area contributed by atoms with Crippen LogP contribution in [0.1, 0.15) is 23.2 Å². The molecule has 0 saturated carbocycles. The highest BCUT2D eigenvalue weighted by Crippen LogP contribution is 2.24. The molecule has 9 nitrogen and oxygen atoms in total. The molecule has 154 valence electrons. The molecule has 0 amide bonds. The Bertz CT molecular complexity index is 1230.